The van der Waals surface area contributed by atoms with E-state index < -0.39 is 0 Å². The summed E-state index contributed by atoms with van der Waals surface area (Å²) in [5, 5.41) is 4.97. The van der Waals surface area contributed by atoms with Gasteiger partial charge in [-0.15, -0.1) is 23.1 Å². The third kappa shape index (κ3) is 4.24. The van der Waals surface area contributed by atoms with Crippen LogP contribution in [0.3, 0.4) is 0 Å². The Bertz CT molecular complexity index is 738. The molecular formula is C17H16N2O2S2. The summed E-state index contributed by atoms with van der Waals surface area (Å²) < 4.78 is 5.30. The molecule has 0 aliphatic rings. The van der Waals surface area contributed by atoms with Crippen LogP contribution >= 0.6 is 23.1 Å². The number of thioether (sulfide) groups is 1. The van der Waals surface area contributed by atoms with Crippen LogP contribution in [0.25, 0.3) is 0 Å². The normalized spacial score (nSPS) is 12.0. The first-order valence-corrected chi connectivity index (χ1v) is 9.09. The second-order valence-electron chi connectivity index (χ2n) is 5.00. The number of nitrogens with zero attached hydrogens (tertiary/aromatic N) is 1. The van der Waals surface area contributed by atoms with Crippen molar-refractivity contribution in [3.05, 3.63) is 70.6 Å². The summed E-state index contributed by atoms with van der Waals surface area (Å²) in [7, 11) is 0. The molecular weight excluding hydrogens is 328 g/mol. The number of carbonyl (C=O) groups excluding carboxylic acids is 1. The van der Waals surface area contributed by atoms with E-state index >= 15 is 0 Å². The average Bonchev–Trinajstić information content (AvgIpc) is 3.26. The predicted octanol–water partition coefficient (Wildman–Crippen LogP) is 4.52. The van der Waals surface area contributed by atoms with Crippen molar-refractivity contribution in [2.45, 2.75) is 23.6 Å². The van der Waals surface area contributed by atoms with Crippen LogP contribution < -0.4 is 5.32 Å². The molecule has 0 spiro atoms. The lowest BCUT2D eigenvalue weighted by atomic mass is 10.2. The first kappa shape index (κ1) is 15.8. The molecule has 2 heterocycles. The van der Waals surface area contributed by atoms with Crippen molar-refractivity contribution in [1.82, 2.24) is 10.3 Å². The van der Waals surface area contributed by atoms with Crippen LogP contribution in [0, 0.1) is 0 Å². The molecule has 1 aromatic carbocycles. The Balaban J connectivity index is 1.57. The van der Waals surface area contributed by atoms with Crippen molar-refractivity contribution in [2.75, 3.05) is 0 Å². The van der Waals surface area contributed by atoms with Gasteiger partial charge in [0.1, 0.15) is 5.76 Å². The van der Waals surface area contributed by atoms with E-state index in [9.17, 15) is 4.79 Å². The molecule has 0 radical (unpaired) electrons. The number of carbonyl (C=O) groups is 1. The third-order valence-electron chi connectivity index (χ3n) is 3.30. The Morgan fingerprint density at radius 3 is 2.83 bits per heavy atom. The fraction of sp³-hybridized carbons (Fsp3) is 0.176. The number of hydrogen-bond donors (Lipinski definition) is 1. The smallest absolute Gasteiger partial charge is 0.251 e. The molecule has 0 bridgehead atoms. The van der Waals surface area contributed by atoms with Gasteiger partial charge in [0.15, 0.2) is 0 Å². The van der Waals surface area contributed by atoms with Crippen LogP contribution in [0.1, 0.15) is 34.8 Å². The van der Waals surface area contributed by atoms with E-state index in [1.165, 1.54) is 0 Å². The third-order valence-corrected chi connectivity index (χ3v) is 4.99. The van der Waals surface area contributed by atoms with Gasteiger partial charge in [0.25, 0.3) is 5.91 Å². The maximum atomic E-state index is 12.2. The van der Waals surface area contributed by atoms with Crippen molar-refractivity contribution in [3.63, 3.8) is 0 Å². The van der Waals surface area contributed by atoms with Crippen LogP contribution in [0.2, 0.25) is 0 Å². The van der Waals surface area contributed by atoms with Crippen molar-refractivity contribution in [3.8, 4) is 0 Å². The van der Waals surface area contributed by atoms with Gasteiger partial charge in [-0.1, -0.05) is 0 Å². The molecule has 1 atom stereocenters. The maximum absolute atomic E-state index is 12.2. The fourth-order valence-electron chi connectivity index (χ4n) is 2.06. The van der Waals surface area contributed by atoms with Crippen molar-refractivity contribution in [1.29, 1.82) is 0 Å². The number of rotatable bonds is 6. The van der Waals surface area contributed by atoms with Gasteiger partial charge in [-0.25, -0.2) is 4.98 Å². The molecule has 118 valence electrons. The van der Waals surface area contributed by atoms with E-state index in [0.717, 1.165) is 22.1 Å². The monoisotopic (exact) mass is 344 g/mol. The highest BCUT2D eigenvalue weighted by Gasteiger charge is 2.13. The minimum absolute atomic E-state index is 0.107. The van der Waals surface area contributed by atoms with Gasteiger partial charge in [-0.05, 0) is 43.3 Å². The van der Waals surface area contributed by atoms with E-state index in [4.69, 9.17) is 4.42 Å². The standard InChI is InChI=1S/C17H16N2O2S2/c1-12(16-3-2-8-21-16)19-17(20)13-4-6-15(7-5-13)23-10-14-9-22-11-18-14/h2-9,11-12H,10H2,1H3,(H,19,20)/t12-/m1/s1. The van der Waals surface area contributed by atoms with Gasteiger partial charge in [0.2, 0.25) is 0 Å². The first-order chi connectivity index (χ1) is 11.2. The zero-order valence-electron chi connectivity index (χ0n) is 12.6. The van der Waals surface area contributed by atoms with Gasteiger partial charge in [0.05, 0.1) is 23.5 Å². The molecule has 3 rings (SSSR count). The molecule has 0 saturated carbocycles. The Hall–Kier alpha value is -2.05. The Labute approximate surface area is 142 Å². The lowest BCUT2D eigenvalue weighted by Crippen LogP contribution is -2.26. The van der Waals surface area contributed by atoms with Crippen LogP contribution in [0.5, 0.6) is 0 Å². The van der Waals surface area contributed by atoms with Gasteiger partial charge in [-0.3, -0.25) is 4.79 Å². The largest absolute Gasteiger partial charge is 0.467 e. The van der Waals surface area contributed by atoms with Crippen molar-refractivity contribution >= 4 is 29.0 Å². The highest BCUT2D eigenvalue weighted by atomic mass is 32.2. The summed E-state index contributed by atoms with van der Waals surface area (Å²) in [4.78, 5) is 17.6. The lowest BCUT2D eigenvalue weighted by molar-refractivity contribution is 0.0935. The minimum atomic E-state index is -0.156. The highest BCUT2D eigenvalue weighted by Crippen LogP contribution is 2.23. The number of hydrogen-bond acceptors (Lipinski definition) is 5. The SMILES string of the molecule is C[C@@H](NC(=O)c1ccc(SCc2cscn2)cc1)c1ccco1. The summed E-state index contributed by atoms with van der Waals surface area (Å²) in [6, 6.07) is 11.1. The van der Waals surface area contributed by atoms with Crippen LogP contribution in [-0.2, 0) is 5.75 Å². The molecule has 1 N–H and O–H groups in total. The van der Waals surface area contributed by atoms with Gasteiger partial charge < -0.3 is 9.73 Å². The summed E-state index contributed by atoms with van der Waals surface area (Å²) >= 11 is 3.31. The molecule has 23 heavy (non-hydrogen) atoms. The summed E-state index contributed by atoms with van der Waals surface area (Å²) in [5.74, 6) is 1.48. The number of thiazole rings is 1. The molecule has 0 aliphatic heterocycles. The van der Waals surface area contributed by atoms with E-state index in [0.29, 0.717) is 5.56 Å². The molecule has 0 unspecified atom stereocenters. The number of benzene rings is 1. The van der Waals surface area contributed by atoms with E-state index in [2.05, 4.69) is 10.3 Å². The second-order valence-corrected chi connectivity index (χ2v) is 6.77. The minimum Gasteiger partial charge on any atom is -0.467 e. The zero-order chi connectivity index (χ0) is 16.1. The Morgan fingerprint density at radius 1 is 1.35 bits per heavy atom. The van der Waals surface area contributed by atoms with Gasteiger partial charge in [0, 0.05) is 21.6 Å². The topological polar surface area (TPSA) is 55.1 Å². The van der Waals surface area contributed by atoms with Crippen molar-refractivity contribution < 1.29 is 9.21 Å². The van der Waals surface area contributed by atoms with Gasteiger partial charge >= 0.3 is 0 Å². The molecule has 0 fully saturated rings. The van der Waals surface area contributed by atoms with Crippen molar-refractivity contribution in [2.24, 2.45) is 0 Å². The molecule has 2 aromatic heterocycles. The first-order valence-electron chi connectivity index (χ1n) is 7.16. The van der Waals surface area contributed by atoms with E-state index in [1.54, 1.807) is 29.4 Å². The number of aromatic nitrogens is 1. The average molecular weight is 344 g/mol. The number of furan rings is 1. The number of nitrogens with one attached hydrogen (secondary N) is 1. The Kier molecular flexibility index (Phi) is 5.15. The molecule has 4 nitrogen and oxygen atoms in total. The summed E-state index contributed by atoms with van der Waals surface area (Å²) in [6.45, 7) is 1.90. The molecule has 0 saturated heterocycles. The fourth-order valence-corrected chi connectivity index (χ4v) is 3.52. The zero-order valence-corrected chi connectivity index (χ0v) is 14.2. The lowest BCUT2D eigenvalue weighted by Gasteiger charge is -2.11. The van der Waals surface area contributed by atoms with Gasteiger partial charge in [-0.2, -0.15) is 0 Å². The molecule has 1 amide bonds. The van der Waals surface area contributed by atoms with Crippen LogP contribution in [0.4, 0.5) is 0 Å². The quantitative estimate of drug-likeness (QED) is 0.668. The second kappa shape index (κ2) is 7.48. The Morgan fingerprint density at radius 2 is 2.17 bits per heavy atom. The molecule has 6 heteroatoms. The summed E-state index contributed by atoms with van der Waals surface area (Å²) in [6.07, 6.45) is 1.60. The van der Waals surface area contributed by atoms with Crippen LogP contribution in [0.15, 0.2) is 62.9 Å². The highest BCUT2D eigenvalue weighted by molar-refractivity contribution is 7.98. The predicted molar refractivity (Wildman–Crippen MR) is 92.7 cm³/mol. The molecule has 0 aliphatic carbocycles. The summed E-state index contributed by atoms with van der Waals surface area (Å²) in [5.41, 5.74) is 3.55. The maximum Gasteiger partial charge on any atom is 0.251 e. The number of amides is 1. The van der Waals surface area contributed by atoms with E-state index in [1.807, 2.05) is 54.2 Å². The van der Waals surface area contributed by atoms with E-state index in [-0.39, 0.29) is 11.9 Å². The van der Waals surface area contributed by atoms with Crippen LogP contribution in [-0.4, -0.2) is 10.9 Å². The molecule has 3 aromatic rings.